The van der Waals surface area contributed by atoms with Crippen LogP contribution in [0.1, 0.15) is 162 Å². The molecule has 0 amide bonds. The molecular weight excluding hydrogens is 820 g/mol. The van der Waals surface area contributed by atoms with Crippen LogP contribution >= 0.6 is 11.3 Å². The van der Waals surface area contributed by atoms with Crippen molar-refractivity contribution in [1.82, 2.24) is 0 Å². The first kappa shape index (κ1) is 44.8. The van der Waals surface area contributed by atoms with Gasteiger partial charge in [0.15, 0.2) is 0 Å². The Morgan fingerprint density at radius 2 is 1.11 bits per heavy atom. The summed E-state index contributed by atoms with van der Waals surface area (Å²) in [6, 6.07) is 32.8. The lowest BCUT2D eigenvalue weighted by Gasteiger charge is -2.49. The predicted molar refractivity (Wildman–Crippen MR) is 292 cm³/mol. The van der Waals surface area contributed by atoms with E-state index in [0.29, 0.717) is 0 Å². The van der Waals surface area contributed by atoms with Gasteiger partial charge in [0.25, 0.3) is 6.71 Å². The van der Waals surface area contributed by atoms with E-state index in [9.17, 15) is 0 Å². The first-order valence-electron chi connectivity index (χ1n) is 24.8. The van der Waals surface area contributed by atoms with Crippen LogP contribution in [0.5, 0.6) is 0 Å². The molecule has 5 heteroatoms. The number of aryl methyl sites for hydroxylation is 1. The zero-order chi connectivity index (χ0) is 46.9. The van der Waals surface area contributed by atoms with Gasteiger partial charge >= 0.3 is 0 Å². The molecule has 0 N–H and O–H groups in total. The van der Waals surface area contributed by atoms with Crippen molar-refractivity contribution in [3.8, 4) is 0 Å². The molecule has 2 aliphatic carbocycles. The lowest BCUT2D eigenvalue weighted by atomic mass is 9.35. The van der Waals surface area contributed by atoms with Gasteiger partial charge in [0, 0.05) is 43.3 Å². The van der Waals surface area contributed by atoms with Crippen LogP contribution in [0, 0.1) is 6.92 Å². The quantitative estimate of drug-likeness (QED) is 0.163. The van der Waals surface area contributed by atoms with Crippen LogP contribution in [0.25, 0.3) is 10.1 Å². The second-order valence-corrected chi connectivity index (χ2v) is 32.6. The molecule has 0 saturated carbocycles. The molecule has 0 radical (unpaired) electrons. The number of benzene rings is 5. The van der Waals surface area contributed by atoms with E-state index in [1.165, 1.54) is 124 Å². The van der Waals surface area contributed by atoms with Gasteiger partial charge in [0.1, 0.15) is 0 Å². The van der Waals surface area contributed by atoms with Gasteiger partial charge in [-0.15, -0.1) is 11.3 Å². The Bertz CT molecular complexity index is 2980. The standard InChI is InChI=1S/C60H75BN2SSi/c1-36-31-46-51-47(32-36)63(45-25-19-38(56(5,6)7)34-49(45)65(16,17)18)52-40-33-37(55(2,3)4)20-26-48(40)64-54(52)61(51)44-24-23-42-50(60(14,15)30-29-58(42,10)11)53(44)62(46)39-21-22-41-43(35-39)59(12,13)28-27-57(41,8)9/h19-26,31-35H,27-30H2,1-18H3. The van der Waals surface area contributed by atoms with Crippen molar-refractivity contribution in [2.75, 3.05) is 9.80 Å². The van der Waals surface area contributed by atoms with Crippen LogP contribution < -0.4 is 30.7 Å². The summed E-state index contributed by atoms with van der Waals surface area (Å²) in [5, 5.41) is 2.91. The monoisotopic (exact) mass is 895 g/mol. The SMILES string of the molecule is Cc1cc2c3c(c1)N(c1ccc(C(C)(C)C)cc1[Si](C)(C)C)c1c(sc4ccc(C(C)(C)C)cc14)B3c1ccc3c(c1N2c1ccc2c(c1)C(C)(C)CCC2(C)C)C(C)(C)CCC3(C)C. The molecule has 0 atom stereocenters. The minimum atomic E-state index is -1.90. The normalized spacial score (nSPS) is 19.1. The highest BCUT2D eigenvalue weighted by atomic mass is 32.1. The molecule has 4 aliphatic rings. The summed E-state index contributed by atoms with van der Waals surface area (Å²) in [5.74, 6) is 0. The smallest absolute Gasteiger partial charge is 0.264 e. The fourth-order valence-corrected chi connectivity index (χ4v) is 15.2. The van der Waals surface area contributed by atoms with Crippen LogP contribution in [0.2, 0.25) is 19.6 Å². The van der Waals surface area contributed by atoms with Crippen LogP contribution in [-0.2, 0) is 32.5 Å². The number of thiophene rings is 1. The maximum Gasteiger partial charge on any atom is 0.264 e. The summed E-state index contributed by atoms with van der Waals surface area (Å²) in [6.45, 7) is 44.3. The molecule has 2 aliphatic heterocycles. The molecule has 3 heterocycles. The van der Waals surface area contributed by atoms with Gasteiger partial charge in [-0.25, -0.2) is 0 Å². The van der Waals surface area contributed by atoms with E-state index < -0.39 is 8.07 Å². The summed E-state index contributed by atoms with van der Waals surface area (Å²) in [4.78, 5) is 5.56. The highest BCUT2D eigenvalue weighted by Crippen LogP contribution is 2.56. The number of rotatable bonds is 3. The Morgan fingerprint density at radius 3 is 1.74 bits per heavy atom. The van der Waals surface area contributed by atoms with E-state index in [1.54, 1.807) is 5.56 Å². The molecular formula is C60H75BN2SSi. The second-order valence-electron chi connectivity index (χ2n) is 26.5. The highest BCUT2D eigenvalue weighted by molar-refractivity contribution is 7.33. The molecule has 1 aromatic heterocycles. The zero-order valence-electron chi connectivity index (χ0n) is 43.2. The van der Waals surface area contributed by atoms with Gasteiger partial charge in [0.2, 0.25) is 0 Å². The van der Waals surface area contributed by atoms with Crippen molar-refractivity contribution in [3.05, 3.63) is 118 Å². The van der Waals surface area contributed by atoms with Crippen LogP contribution in [0.3, 0.4) is 0 Å². The Morgan fingerprint density at radius 1 is 0.554 bits per heavy atom. The molecule has 65 heavy (non-hydrogen) atoms. The summed E-state index contributed by atoms with van der Waals surface area (Å²) in [7, 11) is -1.90. The lowest BCUT2D eigenvalue weighted by molar-refractivity contribution is 0.331. The minimum Gasteiger partial charge on any atom is -0.311 e. The van der Waals surface area contributed by atoms with Crippen LogP contribution in [0.4, 0.5) is 34.1 Å². The average molecular weight is 895 g/mol. The second kappa shape index (κ2) is 14.0. The van der Waals surface area contributed by atoms with Crippen molar-refractivity contribution >= 4 is 91.2 Å². The molecule has 10 rings (SSSR count). The first-order chi connectivity index (χ1) is 30.0. The van der Waals surface area contributed by atoms with E-state index in [-0.39, 0.29) is 39.2 Å². The van der Waals surface area contributed by atoms with Crippen molar-refractivity contribution in [2.45, 2.75) is 182 Å². The number of hydrogen-bond acceptors (Lipinski definition) is 3. The first-order valence-corrected chi connectivity index (χ1v) is 29.1. The number of anilines is 6. The van der Waals surface area contributed by atoms with E-state index in [1.807, 2.05) is 11.3 Å². The van der Waals surface area contributed by atoms with E-state index >= 15 is 0 Å². The summed E-state index contributed by atoms with van der Waals surface area (Å²) in [5.41, 5.74) is 21.7. The van der Waals surface area contributed by atoms with E-state index in [0.717, 1.165) is 0 Å². The number of fused-ring (bicyclic) bond motifs is 9. The maximum atomic E-state index is 2.79. The molecule has 0 unspecified atom stereocenters. The van der Waals surface area contributed by atoms with Crippen molar-refractivity contribution < 1.29 is 0 Å². The third kappa shape index (κ3) is 6.81. The lowest BCUT2D eigenvalue weighted by Crippen LogP contribution is -2.61. The predicted octanol–water partition coefficient (Wildman–Crippen LogP) is 15.1. The Labute approximate surface area is 398 Å². The van der Waals surface area contributed by atoms with Gasteiger partial charge in [-0.3, -0.25) is 0 Å². The highest BCUT2D eigenvalue weighted by Gasteiger charge is 2.50. The largest absolute Gasteiger partial charge is 0.311 e. The number of nitrogens with zero attached hydrogens (tertiary/aromatic N) is 2. The van der Waals surface area contributed by atoms with Gasteiger partial charge in [-0.2, -0.15) is 0 Å². The van der Waals surface area contributed by atoms with Crippen LogP contribution in [-0.4, -0.2) is 14.8 Å². The van der Waals surface area contributed by atoms with E-state index in [2.05, 4.69) is 212 Å². The third-order valence-electron chi connectivity index (χ3n) is 16.6. The fraction of sp³-hybridized carbons (Fsp3) is 0.467. The van der Waals surface area contributed by atoms with Gasteiger partial charge in [0.05, 0.1) is 13.8 Å². The molecule has 0 bridgehead atoms. The molecule has 6 aromatic rings. The Kier molecular flexibility index (Phi) is 9.64. The molecule has 338 valence electrons. The molecule has 5 aromatic carbocycles. The molecule has 2 nitrogen and oxygen atoms in total. The van der Waals surface area contributed by atoms with Gasteiger partial charge in [-0.05, 0) is 163 Å². The maximum absolute atomic E-state index is 2.79. The average Bonchev–Trinajstić information content (AvgIpc) is 3.58. The fourth-order valence-electron chi connectivity index (χ4n) is 12.3. The topological polar surface area (TPSA) is 6.48 Å². The molecule has 0 fully saturated rings. The van der Waals surface area contributed by atoms with Gasteiger partial charge < -0.3 is 9.80 Å². The van der Waals surface area contributed by atoms with Gasteiger partial charge in [-0.1, -0.05) is 153 Å². The Hall–Kier alpha value is -4.06. The van der Waals surface area contributed by atoms with Crippen molar-refractivity contribution in [2.24, 2.45) is 0 Å². The Balaban J connectivity index is 1.37. The van der Waals surface area contributed by atoms with Crippen LogP contribution in [0.15, 0.2) is 78.9 Å². The summed E-state index contributed by atoms with van der Waals surface area (Å²) >= 11 is 2.05. The third-order valence-corrected chi connectivity index (χ3v) is 19.9. The number of hydrogen-bond donors (Lipinski definition) is 0. The molecule has 0 saturated heterocycles. The van der Waals surface area contributed by atoms with Crippen molar-refractivity contribution in [1.29, 1.82) is 0 Å². The molecule has 0 spiro atoms. The van der Waals surface area contributed by atoms with E-state index in [4.69, 9.17) is 0 Å². The van der Waals surface area contributed by atoms with Crippen molar-refractivity contribution in [3.63, 3.8) is 0 Å². The summed E-state index contributed by atoms with van der Waals surface area (Å²) < 4.78 is 2.86. The zero-order valence-corrected chi connectivity index (χ0v) is 45.0. The summed E-state index contributed by atoms with van der Waals surface area (Å²) in [6.07, 6.45) is 4.76. The minimum absolute atomic E-state index is 0.000415.